The van der Waals surface area contributed by atoms with Gasteiger partial charge >= 0.3 is 0 Å². The molecule has 0 fully saturated rings. The van der Waals surface area contributed by atoms with Gasteiger partial charge in [-0.3, -0.25) is 4.79 Å². The number of carbonyl (C=O) groups excluding carboxylic acids is 1. The van der Waals surface area contributed by atoms with Crippen LogP contribution in [-0.4, -0.2) is 20.1 Å². The Morgan fingerprint density at radius 3 is 2.41 bits per heavy atom. The standard InChI is InChI=1S/C15H12ClF2NO3/c1-21-13-6-8(5-10(16)14(13)22-2)15(20)19-9-3-4-11(17)12(18)7-9/h3-7H,1-2H3,(H,19,20). The predicted molar refractivity (Wildman–Crippen MR) is 78.9 cm³/mol. The highest BCUT2D eigenvalue weighted by Crippen LogP contribution is 2.36. The fourth-order valence-corrected chi connectivity index (χ4v) is 2.11. The van der Waals surface area contributed by atoms with Gasteiger partial charge in [-0.05, 0) is 24.3 Å². The highest BCUT2D eigenvalue weighted by Gasteiger charge is 2.15. The van der Waals surface area contributed by atoms with Crippen molar-refractivity contribution in [3.05, 3.63) is 52.6 Å². The number of halogens is 3. The summed E-state index contributed by atoms with van der Waals surface area (Å²) in [5.74, 6) is -2.01. The van der Waals surface area contributed by atoms with E-state index >= 15 is 0 Å². The highest BCUT2D eigenvalue weighted by molar-refractivity contribution is 6.32. The van der Waals surface area contributed by atoms with Crippen molar-refractivity contribution in [1.29, 1.82) is 0 Å². The van der Waals surface area contributed by atoms with Crippen LogP contribution in [0.15, 0.2) is 30.3 Å². The molecule has 0 heterocycles. The van der Waals surface area contributed by atoms with E-state index in [1.54, 1.807) is 0 Å². The van der Waals surface area contributed by atoms with Crippen LogP contribution in [0.25, 0.3) is 0 Å². The van der Waals surface area contributed by atoms with Gasteiger partial charge in [0.15, 0.2) is 23.1 Å². The van der Waals surface area contributed by atoms with Crippen molar-refractivity contribution in [2.24, 2.45) is 0 Å². The summed E-state index contributed by atoms with van der Waals surface area (Å²) in [6.45, 7) is 0. The first-order valence-corrected chi connectivity index (χ1v) is 6.52. The summed E-state index contributed by atoms with van der Waals surface area (Å²) in [5.41, 5.74) is 0.308. The lowest BCUT2D eigenvalue weighted by Crippen LogP contribution is -2.12. The summed E-state index contributed by atoms with van der Waals surface area (Å²) in [5, 5.41) is 2.63. The predicted octanol–water partition coefficient (Wildman–Crippen LogP) is 3.89. The molecule has 0 aliphatic rings. The van der Waals surface area contributed by atoms with Crippen molar-refractivity contribution in [3.8, 4) is 11.5 Å². The molecule has 0 aromatic heterocycles. The van der Waals surface area contributed by atoms with E-state index in [9.17, 15) is 13.6 Å². The summed E-state index contributed by atoms with van der Waals surface area (Å²) in [7, 11) is 2.83. The molecule has 2 aromatic carbocycles. The molecule has 0 saturated carbocycles. The second kappa shape index (κ2) is 6.62. The minimum Gasteiger partial charge on any atom is -0.493 e. The van der Waals surface area contributed by atoms with Gasteiger partial charge in [0.05, 0.1) is 19.2 Å². The largest absolute Gasteiger partial charge is 0.493 e. The molecule has 0 aliphatic carbocycles. The molecule has 2 rings (SSSR count). The maximum atomic E-state index is 13.1. The Bertz CT molecular complexity index is 722. The number of rotatable bonds is 4. The lowest BCUT2D eigenvalue weighted by molar-refractivity contribution is 0.102. The van der Waals surface area contributed by atoms with E-state index in [0.29, 0.717) is 5.75 Å². The number of hydrogen-bond donors (Lipinski definition) is 1. The van der Waals surface area contributed by atoms with Crippen LogP contribution in [0.3, 0.4) is 0 Å². The minimum absolute atomic E-state index is 0.120. The van der Waals surface area contributed by atoms with Crippen LogP contribution < -0.4 is 14.8 Å². The minimum atomic E-state index is -1.05. The number of carbonyl (C=O) groups is 1. The third kappa shape index (κ3) is 3.28. The molecule has 2 aromatic rings. The molecule has 0 radical (unpaired) electrons. The number of benzene rings is 2. The monoisotopic (exact) mass is 327 g/mol. The van der Waals surface area contributed by atoms with Crippen LogP contribution >= 0.6 is 11.6 Å². The molecule has 1 amide bonds. The Kier molecular flexibility index (Phi) is 4.82. The lowest BCUT2D eigenvalue weighted by atomic mass is 10.1. The van der Waals surface area contributed by atoms with E-state index in [0.717, 1.165) is 12.1 Å². The molecule has 0 spiro atoms. The van der Waals surface area contributed by atoms with Crippen LogP contribution in [0.5, 0.6) is 11.5 Å². The number of anilines is 1. The van der Waals surface area contributed by atoms with Crippen LogP contribution in [-0.2, 0) is 0 Å². The first-order chi connectivity index (χ1) is 10.5. The molecule has 116 valence electrons. The first kappa shape index (κ1) is 16.0. The molecule has 0 bridgehead atoms. The number of nitrogens with one attached hydrogen (secondary N) is 1. The number of methoxy groups -OCH3 is 2. The Morgan fingerprint density at radius 1 is 1.09 bits per heavy atom. The number of amides is 1. The van der Waals surface area contributed by atoms with Crippen LogP contribution in [0, 0.1) is 11.6 Å². The van der Waals surface area contributed by atoms with Crippen molar-refractivity contribution in [2.45, 2.75) is 0 Å². The van der Waals surface area contributed by atoms with Gasteiger partial charge in [-0.2, -0.15) is 0 Å². The van der Waals surface area contributed by atoms with Gasteiger partial charge < -0.3 is 14.8 Å². The molecule has 1 N–H and O–H groups in total. The molecular formula is C15H12ClF2NO3. The van der Waals surface area contributed by atoms with Gasteiger partial charge in [0, 0.05) is 17.3 Å². The van der Waals surface area contributed by atoms with Gasteiger partial charge in [0.1, 0.15) is 0 Å². The maximum absolute atomic E-state index is 13.1. The van der Waals surface area contributed by atoms with Crippen molar-refractivity contribution < 1.29 is 23.0 Å². The molecule has 7 heteroatoms. The Balaban J connectivity index is 2.29. The van der Waals surface area contributed by atoms with Gasteiger partial charge in [-0.15, -0.1) is 0 Å². The zero-order valence-electron chi connectivity index (χ0n) is 11.7. The third-order valence-electron chi connectivity index (χ3n) is 2.87. The molecule has 22 heavy (non-hydrogen) atoms. The molecule has 0 saturated heterocycles. The zero-order valence-corrected chi connectivity index (χ0v) is 12.5. The van der Waals surface area contributed by atoms with Crippen molar-refractivity contribution in [1.82, 2.24) is 0 Å². The maximum Gasteiger partial charge on any atom is 0.255 e. The number of ether oxygens (including phenoxy) is 2. The van der Waals surface area contributed by atoms with E-state index in [1.807, 2.05) is 0 Å². The second-order valence-electron chi connectivity index (χ2n) is 4.28. The van der Waals surface area contributed by atoms with E-state index < -0.39 is 17.5 Å². The van der Waals surface area contributed by atoms with Crippen molar-refractivity contribution in [3.63, 3.8) is 0 Å². The molecule has 0 atom stereocenters. The molecule has 4 nitrogen and oxygen atoms in total. The molecule has 0 aliphatic heterocycles. The SMILES string of the molecule is COc1cc(C(=O)Nc2ccc(F)c(F)c2)cc(Cl)c1OC. The Hall–Kier alpha value is -2.34. The lowest BCUT2D eigenvalue weighted by Gasteiger charge is -2.12. The fourth-order valence-electron chi connectivity index (χ4n) is 1.83. The van der Waals surface area contributed by atoms with E-state index in [2.05, 4.69) is 5.32 Å². The fraction of sp³-hybridized carbons (Fsp3) is 0.133. The quantitative estimate of drug-likeness (QED) is 0.926. The zero-order chi connectivity index (χ0) is 16.3. The van der Waals surface area contributed by atoms with Crippen LogP contribution in [0.1, 0.15) is 10.4 Å². The molecular weight excluding hydrogens is 316 g/mol. The van der Waals surface area contributed by atoms with Gasteiger partial charge in [-0.1, -0.05) is 11.6 Å². The molecule has 0 unspecified atom stereocenters. The van der Waals surface area contributed by atoms with E-state index in [-0.39, 0.29) is 22.0 Å². The summed E-state index contributed by atoms with van der Waals surface area (Å²) < 4.78 is 36.2. The van der Waals surface area contributed by atoms with Crippen molar-refractivity contribution in [2.75, 3.05) is 19.5 Å². The van der Waals surface area contributed by atoms with Crippen LogP contribution in [0.4, 0.5) is 14.5 Å². The van der Waals surface area contributed by atoms with E-state index in [1.165, 1.54) is 32.4 Å². The van der Waals surface area contributed by atoms with Crippen molar-refractivity contribution >= 4 is 23.2 Å². The van der Waals surface area contributed by atoms with Gasteiger partial charge in [-0.25, -0.2) is 8.78 Å². The normalized spacial score (nSPS) is 10.2. The third-order valence-corrected chi connectivity index (χ3v) is 3.15. The second-order valence-corrected chi connectivity index (χ2v) is 4.68. The Morgan fingerprint density at radius 2 is 1.82 bits per heavy atom. The summed E-state index contributed by atoms with van der Waals surface area (Å²) in [4.78, 5) is 12.1. The van der Waals surface area contributed by atoms with Crippen LogP contribution in [0.2, 0.25) is 5.02 Å². The smallest absolute Gasteiger partial charge is 0.255 e. The average Bonchev–Trinajstić information content (AvgIpc) is 2.50. The summed E-state index contributed by atoms with van der Waals surface area (Å²) in [6.07, 6.45) is 0. The first-order valence-electron chi connectivity index (χ1n) is 6.14. The van der Waals surface area contributed by atoms with Gasteiger partial charge in [0.25, 0.3) is 5.91 Å². The van der Waals surface area contributed by atoms with E-state index in [4.69, 9.17) is 21.1 Å². The summed E-state index contributed by atoms with van der Waals surface area (Å²) in [6, 6.07) is 5.87. The highest BCUT2D eigenvalue weighted by atomic mass is 35.5. The van der Waals surface area contributed by atoms with Gasteiger partial charge in [0.2, 0.25) is 0 Å². The summed E-state index contributed by atoms with van der Waals surface area (Å²) >= 11 is 6.01. The Labute approximate surface area is 130 Å². The average molecular weight is 328 g/mol. The topological polar surface area (TPSA) is 47.6 Å². The number of hydrogen-bond acceptors (Lipinski definition) is 3.